The van der Waals surface area contributed by atoms with Crippen LogP contribution in [0.2, 0.25) is 0 Å². The first-order chi connectivity index (χ1) is 23.2. The first kappa shape index (κ1) is 31.5. The SMILES string of the molecule is CCN1C(=O)[C@H](NC(=O)C2(c3ccc4nc([C@@H](NC(=O)c5ccnn5C)C(C5CCCCC5)C5(C)CC5)[nH]c4c3)CCOC2)C12CCC2. The topological polar surface area (TPSA) is 134 Å². The fraction of sp³-hybridized carbons (Fsp3) is 0.649. The van der Waals surface area contributed by atoms with E-state index in [4.69, 9.17) is 9.72 Å². The molecule has 0 radical (unpaired) electrons. The van der Waals surface area contributed by atoms with Crippen LogP contribution in [0, 0.1) is 17.3 Å². The van der Waals surface area contributed by atoms with Gasteiger partial charge in [-0.15, -0.1) is 0 Å². The smallest absolute Gasteiger partial charge is 0.270 e. The molecule has 256 valence electrons. The van der Waals surface area contributed by atoms with Crippen LogP contribution in [0.4, 0.5) is 0 Å². The lowest BCUT2D eigenvalue weighted by molar-refractivity contribution is -0.176. The van der Waals surface area contributed by atoms with Crippen LogP contribution in [-0.2, 0) is 26.8 Å². The third kappa shape index (κ3) is 4.90. The third-order valence-corrected chi connectivity index (χ3v) is 12.9. The summed E-state index contributed by atoms with van der Waals surface area (Å²) in [5.41, 5.74) is 2.03. The van der Waals surface area contributed by atoms with E-state index in [0.717, 1.165) is 54.5 Å². The van der Waals surface area contributed by atoms with Gasteiger partial charge in [-0.1, -0.05) is 45.1 Å². The van der Waals surface area contributed by atoms with Gasteiger partial charge in [0.15, 0.2) is 0 Å². The molecule has 11 heteroatoms. The number of aromatic amines is 1. The van der Waals surface area contributed by atoms with Gasteiger partial charge in [-0.25, -0.2) is 4.98 Å². The minimum Gasteiger partial charge on any atom is -0.380 e. The first-order valence-corrected chi connectivity index (χ1v) is 18.2. The first-order valence-electron chi connectivity index (χ1n) is 18.2. The number of aryl methyl sites for hydroxylation is 1. The molecule has 3 amide bonds. The number of likely N-dealkylation sites (N-methyl/N-ethyl adjacent to an activating group) is 1. The Kier molecular flexibility index (Phi) is 7.69. The molecule has 2 aromatic heterocycles. The minimum absolute atomic E-state index is 0.0179. The summed E-state index contributed by atoms with van der Waals surface area (Å²) in [6.45, 7) is 5.80. The van der Waals surface area contributed by atoms with E-state index >= 15 is 0 Å². The van der Waals surface area contributed by atoms with Gasteiger partial charge in [0.2, 0.25) is 11.8 Å². The van der Waals surface area contributed by atoms with Crippen molar-refractivity contribution in [1.29, 1.82) is 0 Å². The molecular formula is C37H49N7O4. The number of benzene rings is 1. The monoisotopic (exact) mass is 655 g/mol. The number of nitrogens with one attached hydrogen (secondary N) is 3. The van der Waals surface area contributed by atoms with E-state index in [1.807, 2.05) is 30.0 Å². The molecule has 1 aromatic carbocycles. The van der Waals surface area contributed by atoms with Gasteiger partial charge in [-0.3, -0.25) is 19.1 Å². The van der Waals surface area contributed by atoms with Crippen molar-refractivity contribution in [3.63, 3.8) is 0 Å². The summed E-state index contributed by atoms with van der Waals surface area (Å²) in [5.74, 6) is 1.24. The fourth-order valence-electron chi connectivity index (χ4n) is 9.71. The fourth-order valence-corrected chi connectivity index (χ4v) is 9.71. The number of rotatable bonds is 10. The molecule has 4 heterocycles. The Morgan fingerprint density at radius 3 is 2.50 bits per heavy atom. The number of carbonyl (C=O) groups is 3. The minimum atomic E-state index is -0.892. The Balaban J connectivity index is 1.13. The van der Waals surface area contributed by atoms with Gasteiger partial charge in [0.1, 0.15) is 17.6 Å². The van der Waals surface area contributed by atoms with E-state index in [1.54, 1.807) is 24.0 Å². The summed E-state index contributed by atoms with van der Waals surface area (Å²) < 4.78 is 7.50. The zero-order chi connectivity index (χ0) is 33.3. The van der Waals surface area contributed by atoms with E-state index in [-0.39, 0.29) is 47.2 Å². The molecule has 2 unspecified atom stereocenters. The van der Waals surface area contributed by atoms with Crippen molar-refractivity contribution in [3.8, 4) is 0 Å². The highest BCUT2D eigenvalue weighted by molar-refractivity contribution is 5.99. The van der Waals surface area contributed by atoms with Gasteiger partial charge in [-0.2, -0.15) is 5.10 Å². The average Bonchev–Trinajstić information content (AvgIpc) is 3.46. The number of carbonyl (C=O) groups excluding carboxylic acids is 3. The molecule has 2 aliphatic heterocycles. The van der Waals surface area contributed by atoms with E-state index < -0.39 is 11.5 Å². The van der Waals surface area contributed by atoms with Crippen molar-refractivity contribution >= 4 is 28.8 Å². The quantitative estimate of drug-likeness (QED) is 0.272. The maximum absolute atomic E-state index is 14.2. The van der Waals surface area contributed by atoms with Crippen LogP contribution in [0.5, 0.6) is 0 Å². The number of H-pyrrole nitrogens is 1. The number of hydrogen-bond donors (Lipinski definition) is 3. The number of aromatic nitrogens is 4. The average molecular weight is 656 g/mol. The van der Waals surface area contributed by atoms with E-state index in [0.29, 0.717) is 31.2 Å². The number of imidazole rings is 1. The number of hydrogen-bond acceptors (Lipinski definition) is 6. The summed E-state index contributed by atoms with van der Waals surface area (Å²) in [6, 6.07) is 7.00. The van der Waals surface area contributed by atoms with Crippen LogP contribution < -0.4 is 10.6 Å². The highest BCUT2D eigenvalue weighted by Gasteiger charge is 2.63. The lowest BCUT2D eigenvalue weighted by Gasteiger charge is -2.62. The number of fused-ring (bicyclic) bond motifs is 1. The highest BCUT2D eigenvalue weighted by Crippen LogP contribution is 2.59. The van der Waals surface area contributed by atoms with Gasteiger partial charge >= 0.3 is 0 Å². The van der Waals surface area contributed by atoms with Gasteiger partial charge in [-0.05, 0) is 86.5 Å². The van der Waals surface area contributed by atoms with Gasteiger partial charge in [0, 0.05) is 26.4 Å². The van der Waals surface area contributed by atoms with Crippen LogP contribution in [-0.4, -0.2) is 73.7 Å². The summed E-state index contributed by atoms with van der Waals surface area (Å²) in [5, 5.41) is 10.9. The second-order valence-corrected chi connectivity index (χ2v) is 15.6. The van der Waals surface area contributed by atoms with Crippen LogP contribution in [0.1, 0.15) is 112 Å². The van der Waals surface area contributed by atoms with Crippen molar-refractivity contribution < 1.29 is 19.1 Å². The highest BCUT2D eigenvalue weighted by atomic mass is 16.5. The van der Waals surface area contributed by atoms with E-state index in [9.17, 15) is 14.4 Å². The molecule has 5 aliphatic rings. The predicted octanol–water partition coefficient (Wildman–Crippen LogP) is 4.69. The molecule has 11 nitrogen and oxygen atoms in total. The molecule has 8 rings (SSSR count). The Morgan fingerprint density at radius 2 is 1.88 bits per heavy atom. The van der Waals surface area contributed by atoms with Gasteiger partial charge < -0.3 is 25.3 Å². The molecule has 4 atom stereocenters. The third-order valence-electron chi connectivity index (χ3n) is 12.9. The van der Waals surface area contributed by atoms with Crippen LogP contribution in [0.15, 0.2) is 30.5 Å². The Morgan fingerprint density at radius 1 is 1.08 bits per heavy atom. The molecule has 2 saturated heterocycles. The zero-order valence-electron chi connectivity index (χ0n) is 28.5. The normalized spacial score (nSPS) is 27.4. The standard InChI is InChI=1S/C37H49N7O4/c1-4-44-33(46)30(37(44)14-8-15-37)42-34(47)36(18-20-48-22-36)24-11-12-25-26(21-24)40-31(39-25)29(41-32(45)27-13-19-38-43(27)3)28(35(2)16-17-35)23-9-6-5-7-10-23/h11-13,19,21,23,28-30H,4-10,14-18,20,22H2,1-3H3,(H,39,40)(H,41,45)(H,42,47)/t28?,29-,30-,36?/m0/s1. The number of ether oxygens (including phenoxy) is 1. The van der Waals surface area contributed by atoms with Crippen LogP contribution in [0.3, 0.4) is 0 Å². The van der Waals surface area contributed by atoms with Crippen molar-refractivity contribution in [2.24, 2.45) is 24.3 Å². The molecule has 3 aliphatic carbocycles. The summed E-state index contributed by atoms with van der Waals surface area (Å²) in [6.07, 6.45) is 13.5. The molecular weight excluding hydrogens is 606 g/mol. The summed E-state index contributed by atoms with van der Waals surface area (Å²) in [4.78, 5) is 51.7. The van der Waals surface area contributed by atoms with Crippen molar-refractivity contribution in [1.82, 2.24) is 35.3 Å². The summed E-state index contributed by atoms with van der Waals surface area (Å²) in [7, 11) is 1.79. The Labute approximate surface area is 281 Å². The van der Waals surface area contributed by atoms with Gasteiger partial charge in [0.05, 0.1) is 34.6 Å². The van der Waals surface area contributed by atoms with E-state index in [2.05, 4.69) is 27.6 Å². The number of β-lactam (4-membered cyclic amide) rings is 1. The maximum Gasteiger partial charge on any atom is 0.270 e. The lowest BCUT2D eigenvalue weighted by atomic mass is 9.63. The second-order valence-electron chi connectivity index (χ2n) is 15.6. The van der Waals surface area contributed by atoms with Crippen molar-refractivity contribution in [2.75, 3.05) is 19.8 Å². The Bertz CT molecular complexity index is 1720. The second kappa shape index (κ2) is 11.7. The lowest BCUT2D eigenvalue weighted by Crippen LogP contribution is -2.81. The molecule has 5 fully saturated rings. The van der Waals surface area contributed by atoms with Crippen molar-refractivity contribution in [3.05, 3.63) is 47.5 Å². The van der Waals surface area contributed by atoms with Crippen LogP contribution in [0.25, 0.3) is 11.0 Å². The maximum atomic E-state index is 14.2. The predicted molar refractivity (Wildman–Crippen MR) is 180 cm³/mol. The number of amides is 3. The number of nitrogens with zero attached hydrogens (tertiary/aromatic N) is 4. The molecule has 0 bridgehead atoms. The van der Waals surface area contributed by atoms with Crippen LogP contribution >= 0.6 is 0 Å². The van der Waals surface area contributed by atoms with E-state index in [1.165, 1.54) is 32.1 Å². The molecule has 3 aromatic rings. The van der Waals surface area contributed by atoms with Gasteiger partial charge in [0.25, 0.3) is 5.91 Å². The molecule has 1 spiro atoms. The summed E-state index contributed by atoms with van der Waals surface area (Å²) >= 11 is 0. The van der Waals surface area contributed by atoms with Crippen molar-refractivity contribution in [2.45, 2.75) is 108 Å². The molecule has 48 heavy (non-hydrogen) atoms. The molecule has 3 saturated carbocycles. The largest absolute Gasteiger partial charge is 0.380 e. The number of likely N-dealkylation sites (tertiary alicyclic amines) is 1. The Hall–Kier alpha value is -3.73. The molecule has 3 N–H and O–H groups in total. The zero-order valence-corrected chi connectivity index (χ0v) is 28.5.